The van der Waals surface area contributed by atoms with Crippen molar-refractivity contribution in [3.8, 4) is 11.5 Å². The maximum atomic E-state index is 12.7. The number of carboxylic acid groups (broad SMARTS) is 1. The molecule has 2 aromatic carbocycles. The molecule has 3 rings (SSSR count). The number of benzene rings is 2. The number of carbonyl (C=O) groups is 2. The van der Waals surface area contributed by atoms with Crippen LogP contribution in [0.1, 0.15) is 22.8 Å². The van der Waals surface area contributed by atoms with Gasteiger partial charge < -0.3 is 29.4 Å². The third kappa shape index (κ3) is 6.31. The zero-order valence-corrected chi connectivity index (χ0v) is 17.1. The topological polar surface area (TPSA) is 115 Å². The highest BCUT2D eigenvalue weighted by Gasteiger charge is 2.14. The van der Waals surface area contributed by atoms with Crippen LogP contribution in [-0.4, -0.2) is 41.6 Å². The van der Waals surface area contributed by atoms with Gasteiger partial charge in [-0.2, -0.15) is 0 Å². The van der Waals surface area contributed by atoms with E-state index in [-0.39, 0.29) is 17.5 Å². The molecule has 3 aromatic rings. The van der Waals surface area contributed by atoms with Gasteiger partial charge in [0.15, 0.2) is 11.9 Å². The quantitative estimate of drug-likeness (QED) is 0.560. The molecule has 0 saturated carbocycles. The molecule has 1 atom stereocenters. The van der Waals surface area contributed by atoms with Gasteiger partial charge in [0.05, 0.1) is 6.61 Å². The molecule has 0 aliphatic carbocycles. The Morgan fingerprint density at radius 2 is 1.87 bits per heavy atom. The van der Waals surface area contributed by atoms with Crippen molar-refractivity contribution in [2.75, 3.05) is 19.0 Å². The minimum atomic E-state index is -1.50. The molecule has 0 fully saturated rings. The van der Waals surface area contributed by atoms with E-state index in [9.17, 15) is 14.7 Å². The zero-order valence-electron chi connectivity index (χ0n) is 17.1. The molecule has 0 aliphatic rings. The van der Waals surface area contributed by atoms with Crippen LogP contribution in [0.4, 0.5) is 10.6 Å². The molecule has 0 bridgehead atoms. The lowest BCUT2D eigenvalue weighted by atomic mass is 10.1. The van der Waals surface area contributed by atoms with Crippen molar-refractivity contribution in [2.45, 2.75) is 19.6 Å². The Hall–Kier alpha value is -3.85. The van der Waals surface area contributed by atoms with E-state index in [1.807, 2.05) is 37.3 Å². The van der Waals surface area contributed by atoms with Gasteiger partial charge >= 0.3 is 0 Å². The summed E-state index contributed by atoms with van der Waals surface area (Å²) in [7, 11) is 1.57. The first kappa shape index (κ1) is 21.8. The van der Waals surface area contributed by atoms with Crippen LogP contribution in [0, 0.1) is 0 Å². The third-order valence-electron chi connectivity index (χ3n) is 4.15. The highest BCUT2D eigenvalue weighted by atomic mass is 16.5. The van der Waals surface area contributed by atoms with E-state index in [4.69, 9.17) is 14.2 Å². The number of nitrogens with one attached hydrogen (secondary N) is 1. The van der Waals surface area contributed by atoms with Gasteiger partial charge in [0.25, 0.3) is 5.91 Å². The van der Waals surface area contributed by atoms with Gasteiger partial charge in [0.1, 0.15) is 24.2 Å². The van der Waals surface area contributed by atoms with Gasteiger partial charge in [-0.25, -0.2) is 4.68 Å². The number of rotatable bonds is 9. The van der Waals surface area contributed by atoms with Gasteiger partial charge in [0, 0.05) is 31.0 Å². The first-order chi connectivity index (χ1) is 14.9. The molecule has 0 aliphatic heterocycles. The van der Waals surface area contributed by atoms with Crippen molar-refractivity contribution in [1.82, 2.24) is 9.78 Å². The number of hydrogen-bond acceptors (Lipinski definition) is 7. The minimum absolute atomic E-state index is 0.0695. The lowest BCUT2D eigenvalue weighted by Crippen LogP contribution is -2.29. The van der Waals surface area contributed by atoms with Crippen LogP contribution >= 0.6 is 0 Å². The zero-order chi connectivity index (χ0) is 22.2. The predicted molar refractivity (Wildman–Crippen MR) is 110 cm³/mol. The number of aromatic nitrogens is 2. The number of hydrogen-bond donors (Lipinski definition) is 1. The largest absolute Gasteiger partial charge is 0.528 e. The average Bonchev–Trinajstić information content (AvgIpc) is 3.22. The average molecular weight is 424 g/mol. The fourth-order valence-corrected chi connectivity index (χ4v) is 2.78. The van der Waals surface area contributed by atoms with Gasteiger partial charge in [0.2, 0.25) is 0 Å². The molecule has 0 saturated heterocycles. The molecule has 1 amide bonds. The minimum Gasteiger partial charge on any atom is -0.528 e. The molecule has 31 heavy (non-hydrogen) atoms. The molecular formula is C22H22N3O6-. The number of carbonyl (C=O) groups excluding carboxylic acids is 2. The fraction of sp³-hybridized carbons (Fsp3) is 0.227. The second-order valence-electron chi connectivity index (χ2n) is 6.72. The number of anilines is 1. The number of nitrogens with zero attached hydrogens (tertiary/aromatic N) is 2. The van der Waals surface area contributed by atoms with Crippen molar-refractivity contribution < 1.29 is 28.9 Å². The molecule has 9 nitrogen and oxygen atoms in total. The maximum absolute atomic E-state index is 12.7. The maximum Gasteiger partial charge on any atom is 0.257 e. The molecule has 1 heterocycles. The normalized spacial score (nSPS) is 11.5. The van der Waals surface area contributed by atoms with E-state index < -0.39 is 12.0 Å². The molecule has 9 heteroatoms. The van der Waals surface area contributed by atoms with E-state index in [2.05, 4.69) is 10.4 Å². The van der Waals surface area contributed by atoms with Gasteiger partial charge in [-0.1, -0.05) is 30.3 Å². The van der Waals surface area contributed by atoms with Gasteiger partial charge in [-0.3, -0.25) is 4.79 Å². The first-order valence-electron chi connectivity index (χ1n) is 9.50. The predicted octanol–water partition coefficient (Wildman–Crippen LogP) is 2.32. The van der Waals surface area contributed by atoms with Crippen LogP contribution in [-0.2, 0) is 11.3 Å². The standard InChI is InChI=1S/C22H23N3O6/c1-15(13-29-2)31-19-11-17(21(26)23-20-8-9-25(24-20)22(27)28)10-18(12-19)30-14-16-6-4-3-5-7-16/h3-12,15H,13-14H2,1-2H3,(H,27,28)(H,23,24,26)/p-1/t15-/m0/s1. The molecule has 1 N–H and O–H groups in total. The van der Waals surface area contributed by atoms with Gasteiger partial charge in [-0.15, -0.1) is 5.10 Å². The van der Waals surface area contributed by atoms with Crippen molar-refractivity contribution in [1.29, 1.82) is 0 Å². The Labute approximate surface area is 179 Å². The molecule has 162 valence electrons. The molecule has 0 radical (unpaired) electrons. The summed E-state index contributed by atoms with van der Waals surface area (Å²) in [5.41, 5.74) is 1.23. The van der Waals surface area contributed by atoms with Crippen LogP contribution in [0.3, 0.4) is 0 Å². The summed E-state index contributed by atoms with van der Waals surface area (Å²) in [6, 6.07) is 15.8. The summed E-state index contributed by atoms with van der Waals surface area (Å²) in [5, 5.41) is 17.1. The SMILES string of the molecule is COC[C@H](C)Oc1cc(OCc2ccccc2)cc(C(=O)Nc2ccn(C(=O)[O-])n2)c1. The van der Waals surface area contributed by atoms with E-state index in [1.165, 1.54) is 12.3 Å². The van der Waals surface area contributed by atoms with Crippen LogP contribution in [0.15, 0.2) is 60.8 Å². The van der Waals surface area contributed by atoms with Crippen molar-refractivity contribution in [2.24, 2.45) is 0 Å². The van der Waals surface area contributed by atoms with Gasteiger partial charge in [-0.05, 0) is 24.6 Å². The molecule has 1 aromatic heterocycles. The second-order valence-corrected chi connectivity index (χ2v) is 6.72. The Kier molecular flexibility index (Phi) is 7.23. The molecule has 0 spiro atoms. The Bertz CT molecular complexity index is 1030. The van der Waals surface area contributed by atoms with E-state index in [0.29, 0.717) is 29.4 Å². The van der Waals surface area contributed by atoms with E-state index in [1.54, 1.807) is 25.3 Å². The summed E-state index contributed by atoms with van der Waals surface area (Å²) in [6.45, 7) is 2.53. The van der Waals surface area contributed by atoms with Crippen molar-refractivity contribution >= 4 is 17.8 Å². The third-order valence-corrected chi connectivity index (χ3v) is 4.15. The number of amides is 1. The summed E-state index contributed by atoms with van der Waals surface area (Å²) < 4.78 is 17.4. The Morgan fingerprint density at radius 3 is 2.55 bits per heavy atom. The lowest BCUT2D eigenvalue weighted by molar-refractivity contribution is -0.251. The Balaban J connectivity index is 1.80. The van der Waals surface area contributed by atoms with E-state index >= 15 is 0 Å². The number of methoxy groups -OCH3 is 1. The summed E-state index contributed by atoms with van der Waals surface area (Å²) in [4.78, 5) is 23.6. The smallest absolute Gasteiger partial charge is 0.257 e. The van der Waals surface area contributed by atoms with Crippen LogP contribution in [0.25, 0.3) is 0 Å². The first-order valence-corrected chi connectivity index (χ1v) is 9.50. The second kappa shape index (κ2) is 10.3. The number of ether oxygens (including phenoxy) is 3. The van der Waals surface area contributed by atoms with Crippen LogP contribution in [0.2, 0.25) is 0 Å². The van der Waals surface area contributed by atoms with Crippen LogP contribution < -0.4 is 19.9 Å². The van der Waals surface area contributed by atoms with Crippen molar-refractivity contribution in [3.63, 3.8) is 0 Å². The monoisotopic (exact) mass is 424 g/mol. The molecular weight excluding hydrogens is 402 g/mol. The highest BCUT2D eigenvalue weighted by Crippen LogP contribution is 2.25. The van der Waals surface area contributed by atoms with Crippen LogP contribution in [0.5, 0.6) is 11.5 Å². The Morgan fingerprint density at radius 1 is 1.13 bits per heavy atom. The lowest BCUT2D eigenvalue weighted by Gasteiger charge is -2.16. The summed E-state index contributed by atoms with van der Waals surface area (Å²) in [5.74, 6) is 0.440. The summed E-state index contributed by atoms with van der Waals surface area (Å²) >= 11 is 0. The van der Waals surface area contributed by atoms with E-state index in [0.717, 1.165) is 5.56 Å². The summed E-state index contributed by atoms with van der Waals surface area (Å²) in [6.07, 6.45) is -0.575. The van der Waals surface area contributed by atoms with Crippen molar-refractivity contribution in [3.05, 3.63) is 71.9 Å². The fourth-order valence-electron chi connectivity index (χ4n) is 2.78. The highest BCUT2D eigenvalue weighted by molar-refractivity contribution is 6.04. The molecule has 0 unspecified atom stereocenters.